The van der Waals surface area contributed by atoms with Gasteiger partial charge in [0.2, 0.25) is 0 Å². The predicted molar refractivity (Wildman–Crippen MR) is 104 cm³/mol. The van der Waals surface area contributed by atoms with Gasteiger partial charge in [-0.2, -0.15) is 0 Å². The van der Waals surface area contributed by atoms with E-state index in [-0.39, 0.29) is 11.8 Å². The maximum atomic E-state index is 12.5. The molecule has 140 valence electrons. The summed E-state index contributed by atoms with van der Waals surface area (Å²) in [7, 11) is 0. The fourth-order valence-corrected chi connectivity index (χ4v) is 3.77. The maximum absolute atomic E-state index is 12.5. The van der Waals surface area contributed by atoms with Gasteiger partial charge in [0.1, 0.15) is 12.4 Å². The second-order valence-electron chi connectivity index (χ2n) is 7.09. The molecule has 2 aromatic carbocycles. The van der Waals surface area contributed by atoms with Crippen LogP contribution in [-0.2, 0) is 0 Å². The number of anilines is 1. The van der Waals surface area contributed by atoms with Crippen molar-refractivity contribution < 1.29 is 14.3 Å². The van der Waals surface area contributed by atoms with Crippen molar-refractivity contribution in [3.63, 3.8) is 0 Å². The molecule has 1 saturated heterocycles. The molecule has 2 heterocycles. The average Bonchev–Trinajstić information content (AvgIpc) is 2.87. The second-order valence-corrected chi connectivity index (χ2v) is 7.09. The van der Waals surface area contributed by atoms with E-state index in [4.69, 9.17) is 4.74 Å². The molecule has 2 aliphatic heterocycles. The molecular formula is C22H24N2O3. The first-order valence-electron chi connectivity index (χ1n) is 9.67. The molecule has 0 spiro atoms. The van der Waals surface area contributed by atoms with Crippen LogP contribution in [0.15, 0.2) is 48.5 Å². The molecule has 0 atom stereocenters. The van der Waals surface area contributed by atoms with Crippen LogP contribution < -0.4 is 9.64 Å². The summed E-state index contributed by atoms with van der Waals surface area (Å²) in [6.45, 7) is 3.89. The fraction of sp³-hybridized carbons (Fsp3) is 0.364. The molecule has 0 N–H and O–H groups in total. The zero-order valence-corrected chi connectivity index (χ0v) is 15.4. The topological polar surface area (TPSA) is 49.9 Å². The molecule has 4 rings (SSSR count). The summed E-state index contributed by atoms with van der Waals surface area (Å²) in [6.07, 6.45) is 5.21. The van der Waals surface area contributed by atoms with Crippen molar-refractivity contribution in [1.82, 2.24) is 4.90 Å². The highest BCUT2D eigenvalue weighted by Crippen LogP contribution is 2.29. The van der Waals surface area contributed by atoms with E-state index < -0.39 is 0 Å². The lowest BCUT2D eigenvalue weighted by Crippen LogP contribution is -2.29. The summed E-state index contributed by atoms with van der Waals surface area (Å²) in [5.41, 5.74) is 1.49. The van der Waals surface area contributed by atoms with E-state index in [2.05, 4.69) is 4.90 Å². The first kappa shape index (κ1) is 17.7. The van der Waals surface area contributed by atoms with Gasteiger partial charge < -0.3 is 4.74 Å². The van der Waals surface area contributed by atoms with Gasteiger partial charge in [-0.25, -0.2) is 4.90 Å². The van der Waals surface area contributed by atoms with Crippen molar-refractivity contribution in [2.45, 2.75) is 25.7 Å². The zero-order valence-electron chi connectivity index (χ0n) is 15.4. The van der Waals surface area contributed by atoms with E-state index in [1.165, 1.54) is 30.6 Å². The smallest absolute Gasteiger partial charge is 0.266 e. The van der Waals surface area contributed by atoms with Crippen molar-refractivity contribution in [2.75, 3.05) is 31.1 Å². The van der Waals surface area contributed by atoms with Gasteiger partial charge in [-0.3, -0.25) is 14.5 Å². The molecule has 0 bridgehead atoms. The Morgan fingerprint density at radius 3 is 1.96 bits per heavy atom. The molecule has 0 unspecified atom stereocenters. The normalized spacial score (nSPS) is 17.7. The lowest BCUT2D eigenvalue weighted by atomic mass is 10.1. The quantitative estimate of drug-likeness (QED) is 0.759. The molecule has 0 aromatic heterocycles. The standard InChI is InChI=1S/C22H24N2O3/c25-21-19-7-3-4-8-20(19)22(26)24(21)17-9-11-18(12-10-17)27-16-15-23-13-5-1-2-6-14-23/h3-4,7-12H,1-2,5-6,13-16H2. The Balaban J connectivity index is 1.37. The number of benzene rings is 2. The molecule has 0 aliphatic carbocycles. The van der Waals surface area contributed by atoms with Crippen LogP contribution in [0.4, 0.5) is 5.69 Å². The van der Waals surface area contributed by atoms with Crippen LogP contribution in [0.5, 0.6) is 5.75 Å². The molecule has 5 nitrogen and oxygen atoms in total. The molecule has 2 aliphatic rings. The number of likely N-dealkylation sites (tertiary alicyclic amines) is 1. The Labute approximate surface area is 159 Å². The Morgan fingerprint density at radius 2 is 1.37 bits per heavy atom. The minimum Gasteiger partial charge on any atom is -0.492 e. The monoisotopic (exact) mass is 364 g/mol. The molecule has 0 saturated carbocycles. The van der Waals surface area contributed by atoms with Crippen LogP contribution in [0.2, 0.25) is 0 Å². The number of ether oxygens (including phenoxy) is 1. The first-order valence-corrected chi connectivity index (χ1v) is 9.67. The number of amides is 2. The summed E-state index contributed by atoms with van der Waals surface area (Å²) < 4.78 is 5.85. The molecular weight excluding hydrogens is 340 g/mol. The summed E-state index contributed by atoms with van der Waals surface area (Å²) in [6, 6.07) is 14.1. The average molecular weight is 364 g/mol. The Hall–Kier alpha value is -2.66. The maximum Gasteiger partial charge on any atom is 0.266 e. The van der Waals surface area contributed by atoms with Crippen molar-refractivity contribution in [3.8, 4) is 5.75 Å². The summed E-state index contributed by atoms with van der Waals surface area (Å²) >= 11 is 0. The van der Waals surface area contributed by atoms with Crippen LogP contribution >= 0.6 is 0 Å². The lowest BCUT2D eigenvalue weighted by molar-refractivity contribution is 0.0926. The van der Waals surface area contributed by atoms with Gasteiger partial charge in [0, 0.05) is 6.54 Å². The van der Waals surface area contributed by atoms with E-state index in [0.717, 1.165) is 25.4 Å². The summed E-state index contributed by atoms with van der Waals surface area (Å²) in [4.78, 5) is 28.8. The third-order valence-corrected chi connectivity index (χ3v) is 5.26. The van der Waals surface area contributed by atoms with Crippen molar-refractivity contribution in [2.24, 2.45) is 0 Å². The predicted octanol–water partition coefficient (Wildman–Crippen LogP) is 3.74. The Morgan fingerprint density at radius 1 is 0.778 bits per heavy atom. The van der Waals surface area contributed by atoms with Gasteiger partial charge in [-0.15, -0.1) is 0 Å². The van der Waals surface area contributed by atoms with Crippen molar-refractivity contribution in [3.05, 3.63) is 59.7 Å². The van der Waals surface area contributed by atoms with E-state index in [1.807, 2.05) is 12.1 Å². The van der Waals surface area contributed by atoms with Crippen LogP contribution in [0.3, 0.4) is 0 Å². The molecule has 2 aromatic rings. The van der Waals surface area contributed by atoms with Gasteiger partial charge in [0.15, 0.2) is 0 Å². The molecule has 1 fully saturated rings. The van der Waals surface area contributed by atoms with Crippen LogP contribution in [0.1, 0.15) is 46.4 Å². The summed E-state index contributed by atoms with van der Waals surface area (Å²) in [5, 5.41) is 0. The third kappa shape index (κ3) is 3.74. The number of fused-ring (bicyclic) bond motifs is 1. The van der Waals surface area contributed by atoms with Crippen molar-refractivity contribution in [1.29, 1.82) is 0 Å². The van der Waals surface area contributed by atoms with Gasteiger partial charge >= 0.3 is 0 Å². The minimum absolute atomic E-state index is 0.273. The minimum atomic E-state index is -0.273. The highest BCUT2D eigenvalue weighted by molar-refractivity contribution is 6.34. The highest BCUT2D eigenvalue weighted by atomic mass is 16.5. The van der Waals surface area contributed by atoms with E-state index in [9.17, 15) is 9.59 Å². The van der Waals surface area contributed by atoms with Crippen LogP contribution in [0.25, 0.3) is 0 Å². The van der Waals surface area contributed by atoms with Crippen molar-refractivity contribution >= 4 is 17.5 Å². The van der Waals surface area contributed by atoms with Gasteiger partial charge in [0.25, 0.3) is 11.8 Å². The number of hydrogen-bond donors (Lipinski definition) is 0. The number of imide groups is 1. The van der Waals surface area contributed by atoms with Crippen LogP contribution in [0, 0.1) is 0 Å². The highest BCUT2D eigenvalue weighted by Gasteiger charge is 2.36. The SMILES string of the molecule is O=C1c2ccccc2C(=O)N1c1ccc(OCCN2CCCCCC2)cc1. The number of rotatable bonds is 5. The zero-order chi connectivity index (χ0) is 18.6. The van der Waals surface area contributed by atoms with Gasteiger partial charge in [-0.1, -0.05) is 25.0 Å². The summed E-state index contributed by atoms with van der Waals surface area (Å²) in [5.74, 6) is 0.209. The first-order chi connectivity index (χ1) is 13.2. The Kier molecular flexibility index (Phi) is 5.21. The molecule has 2 amide bonds. The Bertz CT molecular complexity index is 789. The number of carbonyl (C=O) groups excluding carboxylic acids is 2. The van der Waals surface area contributed by atoms with E-state index in [1.54, 1.807) is 36.4 Å². The van der Waals surface area contributed by atoms with E-state index in [0.29, 0.717) is 23.4 Å². The lowest BCUT2D eigenvalue weighted by Gasteiger charge is -2.20. The van der Waals surface area contributed by atoms with E-state index >= 15 is 0 Å². The van der Waals surface area contributed by atoms with Crippen LogP contribution in [-0.4, -0.2) is 43.0 Å². The number of hydrogen-bond acceptors (Lipinski definition) is 4. The second kappa shape index (κ2) is 7.92. The molecule has 27 heavy (non-hydrogen) atoms. The number of nitrogens with zero attached hydrogens (tertiary/aromatic N) is 2. The third-order valence-electron chi connectivity index (χ3n) is 5.26. The molecule has 0 radical (unpaired) electrons. The van der Waals surface area contributed by atoms with Gasteiger partial charge in [-0.05, 0) is 62.3 Å². The molecule has 5 heteroatoms. The largest absolute Gasteiger partial charge is 0.492 e. The number of carbonyl (C=O) groups is 2. The van der Waals surface area contributed by atoms with Gasteiger partial charge in [0.05, 0.1) is 16.8 Å². The fourth-order valence-electron chi connectivity index (χ4n) is 3.77.